The normalized spacial score (nSPS) is 10.6. The maximum absolute atomic E-state index is 6.01. The van der Waals surface area contributed by atoms with Gasteiger partial charge in [-0.05, 0) is 18.2 Å². The Balaban J connectivity index is 1.94. The molecule has 0 saturated carbocycles. The zero-order chi connectivity index (χ0) is 14.8. The van der Waals surface area contributed by atoms with Crippen molar-refractivity contribution >= 4 is 46.1 Å². The Bertz CT molecular complexity index is 794. The summed E-state index contributed by atoms with van der Waals surface area (Å²) in [5, 5.41) is 0.609. The number of aromatic nitrogens is 3. The minimum absolute atomic E-state index is 0.277. The van der Waals surface area contributed by atoms with Crippen LogP contribution in [0.1, 0.15) is 0 Å². The lowest BCUT2D eigenvalue weighted by Gasteiger charge is -2.06. The van der Waals surface area contributed by atoms with Gasteiger partial charge in [0.05, 0.1) is 9.21 Å². The quantitative estimate of drug-likeness (QED) is 0.467. The molecule has 0 spiro atoms. The Morgan fingerprint density at radius 3 is 2.52 bits per heavy atom. The van der Waals surface area contributed by atoms with E-state index < -0.39 is 0 Å². The molecule has 3 aromatic rings. The van der Waals surface area contributed by atoms with Crippen LogP contribution in [0.25, 0.3) is 10.7 Å². The van der Waals surface area contributed by atoms with Crippen LogP contribution in [0.2, 0.25) is 14.6 Å². The molecule has 0 saturated heterocycles. The van der Waals surface area contributed by atoms with Crippen LogP contribution in [0, 0.1) is 0 Å². The molecule has 0 aliphatic heterocycles. The number of pyridine rings is 1. The van der Waals surface area contributed by atoms with Crippen molar-refractivity contribution in [2.45, 2.75) is 0 Å². The lowest BCUT2D eigenvalue weighted by atomic mass is 10.4. The number of hydrogen-bond acceptors (Lipinski definition) is 5. The first-order valence-electron chi connectivity index (χ1n) is 5.70. The second-order valence-electron chi connectivity index (χ2n) is 3.87. The molecule has 0 aliphatic rings. The molecule has 3 rings (SSSR count). The summed E-state index contributed by atoms with van der Waals surface area (Å²) in [6.07, 6.45) is 1.54. The molecule has 0 N–H and O–H groups in total. The van der Waals surface area contributed by atoms with Crippen LogP contribution >= 0.6 is 46.1 Å². The average molecular weight is 359 g/mol. The zero-order valence-corrected chi connectivity index (χ0v) is 13.3. The molecule has 0 radical (unpaired) electrons. The second kappa shape index (κ2) is 6.15. The van der Waals surface area contributed by atoms with Crippen molar-refractivity contribution in [1.29, 1.82) is 0 Å². The van der Waals surface area contributed by atoms with Gasteiger partial charge in [-0.25, -0.2) is 9.97 Å². The molecule has 0 unspecified atom stereocenters. The van der Waals surface area contributed by atoms with Crippen LogP contribution in [0.5, 0.6) is 11.6 Å². The summed E-state index contributed by atoms with van der Waals surface area (Å²) in [5.41, 5.74) is 0. The highest BCUT2D eigenvalue weighted by Crippen LogP contribution is 2.31. The third kappa shape index (κ3) is 3.63. The molecule has 8 heteroatoms. The van der Waals surface area contributed by atoms with Crippen LogP contribution in [0.3, 0.4) is 0 Å². The van der Waals surface area contributed by atoms with Crippen molar-refractivity contribution in [2.75, 3.05) is 0 Å². The summed E-state index contributed by atoms with van der Waals surface area (Å²) >= 11 is 19.1. The van der Waals surface area contributed by atoms with E-state index in [2.05, 4.69) is 15.0 Å². The lowest BCUT2D eigenvalue weighted by Crippen LogP contribution is -1.93. The van der Waals surface area contributed by atoms with Gasteiger partial charge in [-0.3, -0.25) is 0 Å². The molecule has 0 amide bonds. The van der Waals surface area contributed by atoms with E-state index in [1.165, 1.54) is 17.4 Å². The molecule has 21 heavy (non-hydrogen) atoms. The van der Waals surface area contributed by atoms with Gasteiger partial charge in [0.1, 0.15) is 16.1 Å². The van der Waals surface area contributed by atoms with Crippen LogP contribution in [-0.2, 0) is 0 Å². The molecular weight excluding hydrogens is 353 g/mol. The molecule has 3 heterocycles. The molecular formula is C13H6Cl3N3OS. The van der Waals surface area contributed by atoms with Gasteiger partial charge in [-0.15, -0.1) is 11.3 Å². The monoisotopic (exact) mass is 357 g/mol. The molecule has 0 fully saturated rings. The summed E-state index contributed by atoms with van der Waals surface area (Å²) in [6.45, 7) is 0. The number of nitrogens with zero attached hydrogens (tertiary/aromatic N) is 3. The van der Waals surface area contributed by atoms with Crippen LogP contribution in [0.15, 0.2) is 36.5 Å². The predicted molar refractivity (Wildman–Crippen MR) is 84.7 cm³/mol. The fourth-order valence-corrected chi connectivity index (χ4v) is 2.88. The Kier molecular flexibility index (Phi) is 4.26. The van der Waals surface area contributed by atoms with Gasteiger partial charge in [0.25, 0.3) is 0 Å². The van der Waals surface area contributed by atoms with Gasteiger partial charge in [0, 0.05) is 18.3 Å². The number of thiophene rings is 1. The summed E-state index contributed by atoms with van der Waals surface area (Å²) in [6, 6.07) is 8.37. The highest BCUT2D eigenvalue weighted by molar-refractivity contribution is 7.19. The van der Waals surface area contributed by atoms with Crippen molar-refractivity contribution in [2.24, 2.45) is 0 Å². The highest BCUT2D eigenvalue weighted by atomic mass is 35.5. The maximum Gasteiger partial charge on any atom is 0.224 e. The van der Waals surface area contributed by atoms with Crippen molar-refractivity contribution in [3.8, 4) is 22.3 Å². The fraction of sp³-hybridized carbons (Fsp3) is 0. The molecule has 4 nitrogen and oxygen atoms in total. The molecule has 0 atom stereocenters. The summed E-state index contributed by atoms with van der Waals surface area (Å²) in [5.74, 6) is 1.28. The van der Waals surface area contributed by atoms with Crippen molar-refractivity contribution in [3.05, 3.63) is 51.2 Å². The standard InChI is InChI=1S/C13H6Cl3N3OS/c14-9-5-7(3-4-17-9)20-12-6-10(15)18-13(19-12)8-1-2-11(16)21-8/h1-6H. The first-order valence-corrected chi connectivity index (χ1v) is 7.65. The van der Waals surface area contributed by atoms with Crippen molar-refractivity contribution in [1.82, 2.24) is 15.0 Å². The van der Waals surface area contributed by atoms with E-state index in [0.29, 0.717) is 26.9 Å². The predicted octanol–water partition coefficient (Wildman–Crippen LogP) is 5.35. The number of halogens is 3. The smallest absolute Gasteiger partial charge is 0.224 e. The van der Waals surface area contributed by atoms with Crippen molar-refractivity contribution < 1.29 is 4.74 Å². The third-order valence-corrected chi connectivity index (χ3v) is 4.01. The fourth-order valence-electron chi connectivity index (χ4n) is 1.56. The van der Waals surface area contributed by atoms with E-state index in [-0.39, 0.29) is 5.15 Å². The van der Waals surface area contributed by atoms with E-state index in [0.717, 1.165) is 4.88 Å². The summed E-state index contributed by atoms with van der Waals surface area (Å²) in [7, 11) is 0. The van der Waals surface area contributed by atoms with Crippen molar-refractivity contribution in [3.63, 3.8) is 0 Å². The van der Waals surface area contributed by atoms with Gasteiger partial charge >= 0.3 is 0 Å². The first kappa shape index (κ1) is 14.5. The largest absolute Gasteiger partial charge is 0.439 e. The molecule has 0 aromatic carbocycles. The second-order valence-corrected chi connectivity index (χ2v) is 6.36. The summed E-state index contributed by atoms with van der Waals surface area (Å²) < 4.78 is 6.27. The maximum atomic E-state index is 6.01. The van der Waals surface area contributed by atoms with E-state index in [1.807, 2.05) is 6.07 Å². The van der Waals surface area contributed by atoms with E-state index in [9.17, 15) is 0 Å². The first-order chi connectivity index (χ1) is 10.1. The van der Waals surface area contributed by atoms with Crippen LogP contribution in [0.4, 0.5) is 0 Å². The summed E-state index contributed by atoms with van der Waals surface area (Å²) in [4.78, 5) is 13.2. The van der Waals surface area contributed by atoms with E-state index in [1.54, 1.807) is 24.4 Å². The van der Waals surface area contributed by atoms with Gasteiger partial charge in [0.2, 0.25) is 5.88 Å². The molecule has 0 aliphatic carbocycles. The highest BCUT2D eigenvalue weighted by Gasteiger charge is 2.10. The number of ether oxygens (including phenoxy) is 1. The van der Waals surface area contributed by atoms with Gasteiger partial charge in [-0.2, -0.15) is 4.98 Å². The van der Waals surface area contributed by atoms with E-state index >= 15 is 0 Å². The topological polar surface area (TPSA) is 47.9 Å². The Labute approximate surface area is 139 Å². The Morgan fingerprint density at radius 2 is 1.81 bits per heavy atom. The average Bonchev–Trinajstić information content (AvgIpc) is 2.85. The van der Waals surface area contributed by atoms with Gasteiger partial charge in [0.15, 0.2) is 5.82 Å². The zero-order valence-electron chi connectivity index (χ0n) is 10.3. The lowest BCUT2D eigenvalue weighted by molar-refractivity contribution is 0.462. The molecule has 106 valence electrons. The molecule has 3 aromatic heterocycles. The SMILES string of the molecule is Clc1cc(Oc2cc(Cl)nc(-c3ccc(Cl)s3)n2)ccn1. The van der Waals surface area contributed by atoms with Gasteiger partial charge < -0.3 is 4.74 Å². The minimum Gasteiger partial charge on any atom is -0.439 e. The number of hydrogen-bond donors (Lipinski definition) is 0. The molecule has 0 bridgehead atoms. The minimum atomic E-state index is 0.277. The van der Waals surface area contributed by atoms with Crippen LogP contribution < -0.4 is 4.74 Å². The van der Waals surface area contributed by atoms with Crippen LogP contribution in [-0.4, -0.2) is 15.0 Å². The Morgan fingerprint density at radius 1 is 0.952 bits per heavy atom. The van der Waals surface area contributed by atoms with E-state index in [4.69, 9.17) is 39.5 Å². The Hall–Kier alpha value is -1.40. The number of rotatable bonds is 3. The van der Waals surface area contributed by atoms with Gasteiger partial charge in [-0.1, -0.05) is 34.8 Å². The third-order valence-electron chi connectivity index (χ3n) is 2.39.